The SMILES string of the molecule is CCCNCC(C)Cn1ccc(C)cc1=O. The molecule has 0 fully saturated rings. The highest BCUT2D eigenvalue weighted by molar-refractivity contribution is 5.07. The minimum absolute atomic E-state index is 0.0994. The van der Waals surface area contributed by atoms with Crippen molar-refractivity contribution in [3.63, 3.8) is 0 Å². The van der Waals surface area contributed by atoms with E-state index in [0.717, 1.165) is 31.6 Å². The van der Waals surface area contributed by atoms with Gasteiger partial charge in [-0.05, 0) is 44.0 Å². The lowest BCUT2D eigenvalue weighted by Gasteiger charge is -2.14. The van der Waals surface area contributed by atoms with Gasteiger partial charge >= 0.3 is 0 Å². The van der Waals surface area contributed by atoms with E-state index >= 15 is 0 Å². The van der Waals surface area contributed by atoms with Gasteiger partial charge in [0.25, 0.3) is 5.56 Å². The van der Waals surface area contributed by atoms with E-state index in [1.54, 1.807) is 10.6 Å². The van der Waals surface area contributed by atoms with Gasteiger partial charge in [-0.25, -0.2) is 0 Å². The first-order valence-corrected chi connectivity index (χ1v) is 6.01. The third-order valence-corrected chi connectivity index (χ3v) is 2.58. The maximum Gasteiger partial charge on any atom is 0.250 e. The molecule has 1 aromatic heterocycles. The Labute approximate surface area is 97.5 Å². The van der Waals surface area contributed by atoms with Crippen LogP contribution < -0.4 is 10.9 Å². The Balaban J connectivity index is 2.49. The molecule has 1 aromatic rings. The number of aryl methyl sites for hydroxylation is 1. The molecule has 0 aliphatic carbocycles. The monoisotopic (exact) mass is 222 g/mol. The Bertz CT molecular complexity index is 370. The van der Waals surface area contributed by atoms with Crippen LogP contribution in [0.5, 0.6) is 0 Å². The second-order valence-corrected chi connectivity index (χ2v) is 4.50. The van der Waals surface area contributed by atoms with Crippen molar-refractivity contribution >= 4 is 0 Å². The zero-order valence-corrected chi connectivity index (χ0v) is 10.5. The predicted molar refractivity (Wildman–Crippen MR) is 67.8 cm³/mol. The molecule has 0 radical (unpaired) electrons. The minimum Gasteiger partial charge on any atom is -0.316 e. The van der Waals surface area contributed by atoms with Gasteiger partial charge in [0.05, 0.1) is 0 Å². The van der Waals surface area contributed by atoms with E-state index in [9.17, 15) is 4.79 Å². The Morgan fingerprint density at radius 1 is 1.50 bits per heavy atom. The molecule has 90 valence electrons. The van der Waals surface area contributed by atoms with E-state index in [4.69, 9.17) is 0 Å². The minimum atomic E-state index is 0.0994. The van der Waals surface area contributed by atoms with E-state index in [-0.39, 0.29) is 5.56 Å². The van der Waals surface area contributed by atoms with Crippen molar-refractivity contribution in [3.8, 4) is 0 Å². The van der Waals surface area contributed by atoms with Gasteiger partial charge in [-0.3, -0.25) is 4.79 Å². The summed E-state index contributed by atoms with van der Waals surface area (Å²) in [5.41, 5.74) is 1.13. The molecule has 1 N–H and O–H groups in total. The molecule has 0 saturated heterocycles. The number of nitrogens with zero attached hydrogens (tertiary/aromatic N) is 1. The summed E-state index contributed by atoms with van der Waals surface area (Å²) >= 11 is 0. The molecule has 0 aromatic carbocycles. The summed E-state index contributed by atoms with van der Waals surface area (Å²) in [6.07, 6.45) is 3.03. The number of pyridine rings is 1. The molecule has 1 rings (SSSR count). The zero-order valence-electron chi connectivity index (χ0n) is 10.5. The summed E-state index contributed by atoms with van der Waals surface area (Å²) in [6, 6.07) is 3.67. The Hall–Kier alpha value is -1.09. The van der Waals surface area contributed by atoms with Crippen LogP contribution in [-0.4, -0.2) is 17.7 Å². The van der Waals surface area contributed by atoms with Crippen molar-refractivity contribution in [2.75, 3.05) is 13.1 Å². The summed E-state index contributed by atoms with van der Waals surface area (Å²) in [5, 5.41) is 3.37. The molecule has 3 heteroatoms. The van der Waals surface area contributed by atoms with E-state index in [2.05, 4.69) is 19.2 Å². The predicted octanol–water partition coefficient (Wildman–Crippen LogP) is 1.79. The Morgan fingerprint density at radius 3 is 2.88 bits per heavy atom. The summed E-state index contributed by atoms with van der Waals surface area (Å²) in [7, 11) is 0. The fraction of sp³-hybridized carbons (Fsp3) is 0.615. The molecule has 0 amide bonds. The summed E-state index contributed by atoms with van der Waals surface area (Å²) < 4.78 is 1.78. The topological polar surface area (TPSA) is 34.0 Å². The molecule has 1 atom stereocenters. The van der Waals surface area contributed by atoms with Crippen LogP contribution in [-0.2, 0) is 6.54 Å². The van der Waals surface area contributed by atoms with Crippen molar-refractivity contribution in [3.05, 3.63) is 34.2 Å². The number of hydrogen-bond donors (Lipinski definition) is 1. The maximum atomic E-state index is 11.6. The normalized spacial score (nSPS) is 12.7. The van der Waals surface area contributed by atoms with Gasteiger partial charge in [-0.1, -0.05) is 13.8 Å². The highest BCUT2D eigenvalue weighted by atomic mass is 16.1. The van der Waals surface area contributed by atoms with Crippen LogP contribution in [0.1, 0.15) is 25.8 Å². The number of aromatic nitrogens is 1. The van der Waals surface area contributed by atoms with Crippen molar-refractivity contribution in [1.29, 1.82) is 0 Å². The second kappa shape index (κ2) is 6.48. The molecule has 0 aliphatic rings. The lowest BCUT2D eigenvalue weighted by Crippen LogP contribution is -2.28. The zero-order chi connectivity index (χ0) is 12.0. The van der Waals surface area contributed by atoms with Gasteiger partial charge in [0.15, 0.2) is 0 Å². The van der Waals surface area contributed by atoms with Crippen LogP contribution in [0.25, 0.3) is 0 Å². The molecule has 0 saturated carbocycles. The second-order valence-electron chi connectivity index (χ2n) is 4.50. The van der Waals surface area contributed by atoms with Crippen molar-refractivity contribution in [2.24, 2.45) is 5.92 Å². The number of nitrogens with one attached hydrogen (secondary N) is 1. The van der Waals surface area contributed by atoms with Crippen LogP contribution in [0, 0.1) is 12.8 Å². The molecule has 0 aliphatic heterocycles. The molecule has 1 unspecified atom stereocenters. The number of rotatable bonds is 6. The average molecular weight is 222 g/mol. The van der Waals surface area contributed by atoms with Gasteiger partial charge < -0.3 is 9.88 Å². The first-order chi connectivity index (χ1) is 7.63. The van der Waals surface area contributed by atoms with Crippen LogP contribution >= 0.6 is 0 Å². The van der Waals surface area contributed by atoms with Crippen LogP contribution in [0.15, 0.2) is 23.1 Å². The van der Waals surface area contributed by atoms with Gasteiger partial charge in [-0.2, -0.15) is 0 Å². The fourth-order valence-electron chi connectivity index (χ4n) is 1.68. The molecule has 16 heavy (non-hydrogen) atoms. The lowest BCUT2D eigenvalue weighted by atomic mass is 10.1. The quantitative estimate of drug-likeness (QED) is 0.745. The Morgan fingerprint density at radius 2 is 2.25 bits per heavy atom. The molecule has 3 nitrogen and oxygen atoms in total. The number of hydrogen-bond acceptors (Lipinski definition) is 2. The third-order valence-electron chi connectivity index (χ3n) is 2.58. The molecule has 0 bridgehead atoms. The van der Waals surface area contributed by atoms with Gasteiger partial charge in [0.2, 0.25) is 0 Å². The molecular weight excluding hydrogens is 200 g/mol. The van der Waals surface area contributed by atoms with Crippen LogP contribution in [0.3, 0.4) is 0 Å². The van der Waals surface area contributed by atoms with Gasteiger partial charge in [0.1, 0.15) is 0 Å². The summed E-state index contributed by atoms with van der Waals surface area (Å²) in [6.45, 7) is 9.06. The third kappa shape index (κ3) is 4.19. The molecule has 0 spiro atoms. The Kier molecular flexibility index (Phi) is 5.26. The first kappa shape index (κ1) is 13.0. The van der Waals surface area contributed by atoms with E-state index in [1.165, 1.54) is 0 Å². The maximum absolute atomic E-state index is 11.6. The smallest absolute Gasteiger partial charge is 0.250 e. The first-order valence-electron chi connectivity index (χ1n) is 6.01. The van der Waals surface area contributed by atoms with Crippen LogP contribution in [0.4, 0.5) is 0 Å². The average Bonchev–Trinajstić information content (AvgIpc) is 2.23. The van der Waals surface area contributed by atoms with E-state index < -0.39 is 0 Å². The van der Waals surface area contributed by atoms with Gasteiger partial charge in [0, 0.05) is 18.8 Å². The molecule has 1 heterocycles. The summed E-state index contributed by atoms with van der Waals surface area (Å²) in [4.78, 5) is 11.6. The largest absolute Gasteiger partial charge is 0.316 e. The van der Waals surface area contributed by atoms with E-state index in [1.807, 2.05) is 19.2 Å². The van der Waals surface area contributed by atoms with Crippen molar-refractivity contribution in [1.82, 2.24) is 9.88 Å². The summed E-state index contributed by atoms with van der Waals surface area (Å²) in [5.74, 6) is 0.479. The highest BCUT2D eigenvalue weighted by Gasteiger charge is 2.03. The van der Waals surface area contributed by atoms with Crippen molar-refractivity contribution in [2.45, 2.75) is 33.7 Å². The molecular formula is C13H22N2O. The fourth-order valence-corrected chi connectivity index (χ4v) is 1.68. The van der Waals surface area contributed by atoms with Gasteiger partial charge in [-0.15, -0.1) is 0 Å². The van der Waals surface area contributed by atoms with Crippen molar-refractivity contribution < 1.29 is 0 Å². The standard InChI is InChI=1S/C13H22N2O/c1-4-6-14-9-12(3)10-15-7-5-11(2)8-13(15)16/h5,7-8,12,14H,4,6,9-10H2,1-3H3. The highest BCUT2D eigenvalue weighted by Crippen LogP contribution is 1.98. The van der Waals surface area contributed by atoms with Crippen LogP contribution in [0.2, 0.25) is 0 Å². The van der Waals surface area contributed by atoms with E-state index in [0.29, 0.717) is 5.92 Å². The lowest BCUT2D eigenvalue weighted by molar-refractivity contribution is 0.439.